The van der Waals surface area contributed by atoms with Crippen molar-refractivity contribution in [2.24, 2.45) is 0 Å². The second-order valence-corrected chi connectivity index (χ2v) is 6.76. The third kappa shape index (κ3) is 4.16. The molecule has 3 aromatic rings. The predicted octanol–water partition coefficient (Wildman–Crippen LogP) is 1.86. The number of anilines is 1. The van der Waals surface area contributed by atoms with E-state index in [1.165, 1.54) is 10.7 Å². The summed E-state index contributed by atoms with van der Waals surface area (Å²) in [5, 5.41) is 4.27. The predicted molar refractivity (Wildman–Crippen MR) is 108 cm³/mol. The largest absolute Gasteiger partial charge is 0.497 e. The number of methoxy groups -OCH3 is 1. The number of carbonyl (C=O) groups excluding carboxylic acids is 1. The number of benzene rings is 1. The van der Waals surface area contributed by atoms with Gasteiger partial charge >= 0.3 is 0 Å². The van der Waals surface area contributed by atoms with E-state index in [4.69, 9.17) is 9.15 Å². The van der Waals surface area contributed by atoms with Crippen molar-refractivity contribution in [2.45, 2.75) is 6.54 Å². The van der Waals surface area contributed by atoms with Crippen molar-refractivity contribution < 1.29 is 13.9 Å². The van der Waals surface area contributed by atoms with E-state index >= 15 is 0 Å². The Morgan fingerprint density at radius 2 is 1.83 bits per heavy atom. The molecule has 8 nitrogen and oxygen atoms in total. The van der Waals surface area contributed by atoms with Crippen molar-refractivity contribution in [3.63, 3.8) is 0 Å². The number of hydrogen-bond donors (Lipinski definition) is 0. The molecule has 0 aliphatic carbocycles. The zero-order valence-corrected chi connectivity index (χ0v) is 16.2. The first-order chi connectivity index (χ1) is 14.1. The Hall–Kier alpha value is -3.55. The number of rotatable bonds is 5. The Morgan fingerprint density at radius 3 is 2.48 bits per heavy atom. The van der Waals surface area contributed by atoms with E-state index in [0.29, 0.717) is 24.5 Å². The molecular formula is C21H22N4O4. The maximum atomic E-state index is 12.7. The topological polar surface area (TPSA) is 80.8 Å². The molecule has 1 aromatic carbocycles. The zero-order valence-electron chi connectivity index (χ0n) is 16.2. The molecule has 0 saturated carbocycles. The smallest absolute Gasteiger partial charge is 0.267 e. The van der Waals surface area contributed by atoms with E-state index in [9.17, 15) is 9.59 Å². The van der Waals surface area contributed by atoms with Crippen molar-refractivity contribution >= 4 is 11.6 Å². The van der Waals surface area contributed by atoms with Gasteiger partial charge in [0.25, 0.3) is 5.56 Å². The molecule has 0 spiro atoms. The van der Waals surface area contributed by atoms with Crippen LogP contribution in [-0.2, 0) is 11.3 Å². The fraction of sp³-hybridized carbons (Fsp3) is 0.286. The standard InChI is InChI=1S/C21H22N4O4/c1-28-17-6-4-16(5-7-17)23-10-12-24(13-11-23)21(27)15-25-20(26)9-8-18(22-25)19-3-2-14-29-19/h2-9,14H,10-13,15H2,1H3. The van der Waals surface area contributed by atoms with Gasteiger partial charge in [-0.05, 0) is 42.5 Å². The Morgan fingerprint density at radius 1 is 1.07 bits per heavy atom. The quantitative estimate of drug-likeness (QED) is 0.657. The number of hydrogen-bond acceptors (Lipinski definition) is 6. The molecule has 0 N–H and O–H groups in total. The molecule has 4 rings (SSSR count). The molecule has 150 valence electrons. The van der Waals surface area contributed by atoms with Crippen LogP contribution in [0.4, 0.5) is 5.69 Å². The molecule has 1 fully saturated rings. The lowest BCUT2D eigenvalue weighted by molar-refractivity contribution is -0.132. The van der Waals surface area contributed by atoms with Crippen molar-refractivity contribution in [2.75, 3.05) is 38.2 Å². The first-order valence-corrected chi connectivity index (χ1v) is 9.43. The van der Waals surface area contributed by atoms with Gasteiger partial charge in [-0.25, -0.2) is 4.68 Å². The van der Waals surface area contributed by atoms with Crippen molar-refractivity contribution in [1.29, 1.82) is 0 Å². The molecule has 2 aromatic heterocycles. The fourth-order valence-electron chi connectivity index (χ4n) is 3.35. The highest BCUT2D eigenvalue weighted by Gasteiger charge is 2.22. The van der Waals surface area contributed by atoms with Crippen LogP contribution in [0.2, 0.25) is 0 Å². The molecule has 1 saturated heterocycles. The van der Waals surface area contributed by atoms with Crippen LogP contribution in [-0.4, -0.2) is 53.9 Å². The Kier molecular flexibility index (Phi) is 5.33. The van der Waals surface area contributed by atoms with E-state index in [2.05, 4.69) is 10.00 Å². The van der Waals surface area contributed by atoms with Crippen LogP contribution in [0.3, 0.4) is 0 Å². The third-order valence-electron chi connectivity index (χ3n) is 5.00. The van der Waals surface area contributed by atoms with Crippen LogP contribution in [0.1, 0.15) is 0 Å². The Balaban J connectivity index is 1.39. The summed E-state index contributed by atoms with van der Waals surface area (Å²) in [5.41, 5.74) is 1.30. The SMILES string of the molecule is COc1ccc(N2CCN(C(=O)Cn3nc(-c4ccco4)ccc3=O)CC2)cc1. The van der Waals surface area contributed by atoms with E-state index in [1.54, 1.807) is 36.5 Å². The monoisotopic (exact) mass is 394 g/mol. The lowest BCUT2D eigenvalue weighted by Gasteiger charge is -2.36. The minimum absolute atomic E-state index is 0.0874. The molecule has 3 heterocycles. The van der Waals surface area contributed by atoms with Gasteiger partial charge in [0.05, 0.1) is 13.4 Å². The summed E-state index contributed by atoms with van der Waals surface area (Å²) in [5.74, 6) is 1.25. The summed E-state index contributed by atoms with van der Waals surface area (Å²) >= 11 is 0. The normalized spacial score (nSPS) is 14.1. The molecule has 1 amide bonds. The lowest BCUT2D eigenvalue weighted by atomic mass is 10.2. The second kappa shape index (κ2) is 8.22. The minimum Gasteiger partial charge on any atom is -0.497 e. The number of ether oxygens (including phenoxy) is 1. The molecule has 0 atom stereocenters. The van der Waals surface area contributed by atoms with Crippen LogP contribution in [0, 0.1) is 0 Å². The summed E-state index contributed by atoms with van der Waals surface area (Å²) in [7, 11) is 1.64. The zero-order chi connectivity index (χ0) is 20.2. The first kappa shape index (κ1) is 18.8. The third-order valence-corrected chi connectivity index (χ3v) is 5.00. The molecule has 0 bridgehead atoms. The molecule has 8 heteroatoms. The van der Waals surface area contributed by atoms with Gasteiger partial charge in [-0.2, -0.15) is 5.10 Å². The van der Waals surface area contributed by atoms with Crippen LogP contribution in [0.5, 0.6) is 5.75 Å². The number of amides is 1. The summed E-state index contributed by atoms with van der Waals surface area (Å²) in [6.45, 7) is 2.56. The highest BCUT2D eigenvalue weighted by atomic mass is 16.5. The maximum Gasteiger partial charge on any atom is 0.267 e. The molecule has 1 aliphatic heterocycles. The van der Waals surface area contributed by atoms with Crippen LogP contribution in [0.25, 0.3) is 11.5 Å². The molecular weight excluding hydrogens is 372 g/mol. The number of piperazine rings is 1. The average Bonchev–Trinajstić information content (AvgIpc) is 3.30. The van der Waals surface area contributed by atoms with Gasteiger partial charge in [-0.1, -0.05) is 0 Å². The van der Waals surface area contributed by atoms with Gasteiger partial charge in [0.15, 0.2) is 5.76 Å². The Labute approximate surface area is 167 Å². The average molecular weight is 394 g/mol. The van der Waals surface area contributed by atoms with Gasteiger partial charge < -0.3 is 19.0 Å². The van der Waals surface area contributed by atoms with Crippen LogP contribution < -0.4 is 15.2 Å². The van der Waals surface area contributed by atoms with E-state index < -0.39 is 0 Å². The summed E-state index contributed by atoms with van der Waals surface area (Å²) < 4.78 is 11.7. The highest BCUT2D eigenvalue weighted by molar-refractivity contribution is 5.76. The highest BCUT2D eigenvalue weighted by Crippen LogP contribution is 2.20. The van der Waals surface area contributed by atoms with E-state index in [-0.39, 0.29) is 18.0 Å². The molecule has 1 aliphatic rings. The van der Waals surface area contributed by atoms with Gasteiger partial charge in [0, 0.05) is 37.9 Å². The van der Waals surface area contributed by atoms with Gasteiger partial charge in [-0.15, -0.1) is 0 Å². The molecule has 29 heavy (non-hydrogen) atoms. The van der Waals surface area contributed by atoms with Crippen molar-refractivity contribution in [3.05, 3.63) is 65.1 Å². The number of nitrogens with zero attached hydrogens (tertiary/aromatic N) is 4. The van der Waals surface area contributed by atoms with Crippen LogP contribution in [0.15, 0.2) is 64.0 Å². The lowest BCUT2D eigenvalue weighted by Crippen LogP contribution is -2.50. The van der Waals surface area contributed by atoms with E-state index in [1.807, 2.05) is 24.3 Å². The number of aromatic nitrogens is 2. The Bertz CT molecular complexity index is 1020. The molecule has 0 radical (unpaired) electrons. The second-order valence-electron chi connectivity index (χ2n) is 6.76. The summed E-state index contributed by atoms with van der Waals surface area (Å²) in [6.07, 6.45) is 1.54. The molecule has 0 unspecified atom stereocenters. The van der Waals surface area contributed by atoms with Gasteiger partial charge in [-0.3, -0.25) is 9.59 Å². The number of carbonyl (C=O) groups is 1. The fourth-order valence-corrected chi connectivity index (χ4v) is 3.35. The van der Waals surface area contributed by atoms with Gasteiger partial charge in [0.1, 0.15) is 18.0 Å². The maximum absolute atomic E-state index is 12.7. The van der Waals surface area contributed by atoms with Crippen molar-refractivity contribution in [1.82, 2.24) is 14.7 Å². The number of furan rings is 1. The summed E-state index contributed by atoms with van der Waals surface area (Å²) in [6, 6.07) is 14.4. The minimum atomic E-state index is -0.314. The first-order valence-electron chi connectivity index (χ1n) is 9.43. The summed E-state index contributed by atoms with van der Waals surface area (Å²) in [4.78, 5) is 28.8. The van der Waals surface area contributed by atoms with Gasteiger partial charge in [0.2, 0.25) is 5.91 Å². The van der Waals surface area contributed by atoms with Crippen molar-refractivity contribution in [3.8, 4) is 17.2 Å². The van der Waals surface area contributed by atoms with Crippen LogP contribution >= 0.6 is 0 Å². The van der Waals surface area contributed by atoms with E-state index in [0.717, 1.165) is 24.5 Å².